The van der Waals surface area contributed by atoms with Gasteiger partial charge in [0.25, 0.3) is 5.91 Å². The van der Waals surface area contributed by atoms with Gasteiger partial charge in [-0.15, -0.1) is 0 Å². The first kappa shape index (κ1) is 21.4. The summed E-state index contributed by atoms with van der Waals surface area (Å²) in [5, 5.41) is 2.88. The van der Waals surface area contributed by atoms with E-state index in [1.165, 1.54) is 16.4 Å². The normalized spacial score (nSPS) is 15.9. The summed E-state index contributed by atoms with van der Waals surface area (Å²) in [5.41, 5.74) is 1.98. The summed E-state index contributed by atoms with van der Waals surface area (Å²) < 4.78 is 39.9. The van der Waals surface area contributed by atoms with E-state index in [2.05, 4.69) is 5.32 Å². The summed E-state index contributed by atoms with van der Waals surface area (Å²) in [4.78, 5) is 13.5. The third-order valence-electron chi connectivity index (χ3n) is 5.15. The zero-order valence-electron chi connectivity index (χ0n) is 16.5. The number of quaternary nitrogens is 1. The number of benzene rings is 2. The molecule has 0 spiro atoms. The number of amides is 1. The number of piperazine rings is 1. The van der Waals surface area contributed by atoms with Crippen molar-refractivity contribution in [2.24, 2.45) is 0 Å². The molecular formula is C21H27FN3O3S+. The Hall–Kier alpha value is -2.29. The van der Waals surface area contributed by atoms with Gasteiger partial charge >= 0.3 is 0 Å². The monoisotopic (exact) mass is 420 g/mol. The van der Waals surface area contributed by atoms with Gasteiger partial charge in [0.1, 0.15) is 5.82 Å². The van der Waals surface area contributed by atoms with E-state index in [0.717, 1.165) is 16.0 Å². The quantitative estimate of drug-likeness (QED) is 0.681. The van der Waals surface area contributed by atoms with Crippen LogP contribution in [0.3, 0.4) is 0 Å². The number of sulfonamides is 1. The minimum Gasteiger partial charge on any atom is -0.351 e. The van der Waals surface area contributed by atoms with Crippen molar-refractivity contribution in [1.82, 2.24) is 9.62 Å². The summed E-state index contributed by atoms with van der Waals surface area (Å²) in [7, 11) is -3.49. The fourth-order valence-corrected chi connectivity index (χ4v) is 4.81. The number of nitrogens with zero attached hydrogens (tertiary/aromatic N) is 1. The molecule has 1 amide bonds. The lowest BCUT2D eigenvalue weighted by molar-refractivity contribution is -0.895. The van der Waals surface area contributed by atoms with Gasteiger partial charge in [-0.05, 0) is 43.2 Å². The van der Waals surface area contributed by atoms with Gasteiger partial charge in [0.2, 0.25) is 10.0 Å². The second-order valence-electron chi connectivity index (χ2n) is 7.37. The van der Waals surface area contributed by atoms with Crippen molar-refractivity contribution in [3.63, 3.8) is 0 Å². The Morgan fingerprint density at radius 3 is 2.31 bits per heavy atom. The number of nitrogens with one attached hydrogen (secondary N) is 2. The van der Waals surface area contributed by atoms with Gasteiger partial charge in [-0.1, -0.05) is 29.8 Å². The topological polar surface area (TPSA) is 70.9 Å². The zero-order valence-corrected chi connectivity index (χ0v) is 17.3. The Labute approximate surface area is 171 Å². The highest BCUT2D eigenvalue weighted by atomic mass is 32.2. The summed E-state index contributed by atoms with van der Waals surface area (Å²) in [6.07, 6.45) is 0.643. The van der Waals surface area contributed by atoms with Gasteiger partial charge in [-0.25, -0.2) is 12.8 Å². The largest absolute Gasteiger partial charge is 0.351 e. The Kier molecular flexibility index (Phi) is 7.00. The molecule has 1 saturated heterocycles. The van der Waals surface area contributed by atoms with E-state index >= 15 is 0 Å². The lowest BCUT2D eigenvalue weighted by atomic mass is 10.1. The van der Waals surface area contributed by atoms with E-state index in [-0.39, 0.29) is 11.7 Å². The van der Waals surface area contributed by atoms with E-state index in [4.69, 9.17) is 0 Å². The van der Waals surface area contributed by atoms with Crippen LogP contribution in [0.5, 0.6) is 0 Å². The van der Waals surface area contributed by atoms with Crippen LogP contribution < -0.4 is 10.2 Å². The van der Waals surface area contributed by atoms with Gasteiger partial charge in [0.05, 0.1) is 31.1 Å². The van der Waals surface area contributed by atoms with Crippen molar-refractivity contribution in [1.29, 1.82) is 0 Å². The van der Waals surface area contributed by atoms with Crippen LogP contribution in [0.15, 0.2) is 53.4 Å². The van der Waals surface area contributed by atoms with Gasteiger partial charge in [0.15, 0.2) is 6.54 Å². The second kappa shape index (κ2) is 9.47. The van der Waals surface area contributed by atoms with Crippen LogP contribution in [-0.2, 0) is 21.2 Å². The molecule has 0 radical (unpaired) electrons. The number of aryl methyl sites for hydroxylation is 1. The van der Waals surface area contributed by atoms with Crippen molar-refractivity contribution >= 4 is 15.9 Å². The van der Waals surface area contributed by atoms with E-state index in [0.29, 0.717) is 50.6 Å². The van der Waals surface area contributed by atoms with Crippen molar-refractivity contribution in [3.8, 4) is 0 Å². The molecule has 8 heteroatoms. The van der Waals surface area contributed by atoms with Crippen LogP contribution in [0.2, 0.25) is 0 Å². The molecule has 1 fully saturated rings. The average Bonchev–Trinajstić information content (AvgIpc) is 2.70. The maximum absolute atomic E-state index is 12.9. The first-order valence-electron chi connectivity index (χ1n) is 9.76. The Morgan fingerprint density at radius 2 is 1.69 bits per heavy atom. The van der Waals surface area contributed by atoms with Gasteiger partial charge in [0, 0.05) is 6.54 Å². The number of halogens is 1. The molecule has 2 aromatic carbocycles. The minimum atomic E-state index is -3.49. The molecule has 1 aliphatic heterocycles. The van der Waals surface area contributed by atoms with Gasteiger partial charge < -0.3 is 10.2 Å². The first-order valence-corrected chi connectivity index (χ1v) is 11.2. The maximum atomic E-state index is 12.9. The maximum Gasteiger partial charge on any atom is 0.275 e. The Bertz CT molecular complexity index is 923. The van der Waals surface area contributed by atoms with Crippen molar-refractivity contribution < 1.29 is 22.5 Å². The van der Waals surface area contributed by atoms with E-state index in [1.54, 1.807) is 36.4 Å². The average molecular weight is 421 g/mol. The molecule has 156 valence electrons. The third kappa shape index (κ3) is 5.85. The Balaban J connectivity index is 1.42. The molecule has 0 saturated carbocycles. The van der Waals surface area contributed by atoms with E-state index in [1.807, 2.05) is 6.92 Å². The zero-order chi connectivity index (χ0) is 20.9. The van der Waals surface area contributed by atoms with Crippen LogP contribution in [0.25, 0.3) is 0 Å². The van der Waals surface area contributed by atoms with Crippen LogP contribution in [-0.4, -0.2) is 57.9 Å². The van der Waals surface area contributed by atoms with Crippen LogP contribution in [0.4, 0.5) is 4.39 Å². The van der Waals surface area contributed by atoms with Crippen molar-refractivity contribution in [2.75, 3.05) is 39.3 Å². The van der Waals surface area contributed by atoms with Gasteiger partial charge in [-0.3, -0.25) is 4.79 Å². The number of hydrogen-bond donors (Lipinski definition) is 2. The lowest BCUT2D eigenvalue weighted by Crippen LogP contribution is -3.15. The minimum absolute atomic E-state index is 0.0584. The second-order valence-corrected chi connectivity index (χ2v) is 9.31. The Morgan fingerprint density at radius 1 is 1.07 bits per heavy atom. The summed E-state index contributed by atoms with van der Waals surface area (Å²) >= 11 is 0. The molecular weight excluding hydrogens is 393 g/mol. The predicted molar refractivity (Wildman–Crippen MR) is 109 cm³/mol. The fourth-order valence-electron chi connectivity index (χ4n) is 3.37. The molecule has 0 aromatic heterocycles. The lowest BCUT2D eigenvalue weighted by Gasteiger charge is -2.31. The molecule has 29 heavy (non-hydrogen) atoms. The summed E-state index contributed by atoms with van der Waals surface area (Å²) in [6.45, 7) is 4.71. The number of carbonyl (C=O) groups excluding carboxylic acids is 1. The summed E-state index contributed by atoms with van der Waals surface area (Å²) in [5.74, 6) is -0.332. The van der Waals surface area contributed by atoms with Crippen LogP contribution in [0.1, 0.15) is 11.1 Å². The third-order valence-corrected chi connectivity index (χ3v) is 7.06. The number of hydrogen-bond acceptors (Lipinski definition) is 3. The standard InChI is InChI=1S/C21H26FN3O3S/c1-17-2-8-20(9-3-17)29(27,28)25-14-12-24(13-15-25)16-21(26)23-11-10-18-4-6-19(22)7-5-18/h2-9H,10-16H2,1H3,(H,23,26)/p+1. The van der Waals surface area contributed by atoms with E-state index in [9.17, 15) is 17.6 Å². The molecule has 2 N–H and O–H groups in total. The molecule has 0 atom stereocenters. The highest BCUT2D eigenvalue weighted by Gasteiger charge is 2.30. The predicted octanol–water partition coefficient (Wildman–Crippen LogP) is 0.382. The van der Waals surface area contributed by atoms with Crippen LogP contribution >= 0.6 is 0 Å². The highest BCUT2D eigenvalue weighted by molar-refractivity contribution is 7.89. The molecule has 0 aliphatic carbocycles. The smallest absolute Gasteiger partial charge is 0.275 e. The number of carbonyl (C=O) groups is 1. The van der Waals surface area contributed by atoms with Crippen molar-refractivity contribution in [2.45, 2.75) is 18.2 Å². The highest BCUT2D eigenvalue weighted by Crippen LogP contribution is 2.16. The number of rotatable bonds is 7. The first-order chi connectivity index (χ1) is 13.8. The SMILES string of the molecule is Cc1ccc(S(=O)(=O)N2CC[NH+](CC(=O)NCCc3ccc(F)cc3)CC2)cc1. The molecule has 0 unspecified atom stereocenters. The molecule has 1 heterocycles. The van der Waals surface area contributed by atoms with Gasteiger partial charge in [-0.2, -0.15) is 4.31 Å². The fraction of sp³-hybridized carbons (Fsp3) is 0.381. The molecule has 2 aromatic rings. The molecule has 0 bridgehead atoms. The molecule has 1 aliphatic rings. The van der Waals surface area contributed by atoms with E-state index < -0.39 is 10.0 Å². The van der Waals surface area contributed by atoms with Crippen LogP contribution in [0, 0.1) is 12.7 Å². The summed E-state index contributed by atoms with van der Waals surface area (Å²) in [6, 6.07) is 13.1. The molecule has 6 nitrogen and oxygen atoms in total. The van der Waals surface area contributed by atoms with Crippen molar-refractivity contribution in [3.05, 3.63) is 65.5 Å². The molecule has 3 rings (SSSR count).